The normalized spacial score (nSPS) is 30.7. The van der Waals surface area contributed by atoms with Crippen molar-refractivity contribution in [3.8, 4) is 0 Å². The lowest BCUT2D eigenvalue weighted by Crippen LogP contribution is -2.30. The van der Waals surface area contributed by atoms with Crippen LogP contribution in [-0.4, -0.2) is 35.5 Å². The molecule has 0 aliphatic heterocycles. The van der Waals surface area contributed by atoms with Crippen LogP contribution in [0.4, 0.5) is 0 Å². The minimum absolute atomic E-state index is 0.0806. The molecule has 0 saturated heterocycles. The van der Waals surface area contributed by atoms with Crippen molar-refractivity contribution in [2.24, 2.45) is 5.92 Å². The number of aliphatic hydroxyl groups excluding tert-OH is 2. The van der Waals surface area contributed by atoms with Gasteiger partial charge in [-0.25, -0.2) is 0 Å². The molecule has 3 unspecified atom stereocenters. The van der Waals surface area contributed by atoms with E-state index < -0.39 is 0 Å². The highest BCUT2D eigenvalue weighted by Gasteiger charge is 2.22. The maximum Gasteiger partial charge on any atom is 0.0662 e. The van der Waals surface area contributed by atoms with Crippen molar-refractivity contribution in [3.05, 3.63) is 0 Å². The highest BCUT2D eigenvalue weighted by Crippen LogP contribution is 2.24. The van der Waals surface area contributed by atoms with Gasteiger partial charge in [0.1, 0.15) is 0 Å². The third-order valence-corrected chi connectivity index (χ3v) is 2.80. The molecule has 3 N–H and O–H groups in total. The third-order valence-electron chi connectivity index (χ3n) is 2.80. The van der Waals surface area contributed by atoms with Gasteiger partial charge in [0.2, 0.25) is 0 Å². The van der Waals surface area contributed by atoms with Crippen LogP contribution in [0.5, 0.6) is 0 Å². The summed E-state index contributed by atoms with van der Waals surface area (Å²) < 4.78 is 0. The summed E-state index contributed by atoms with van der Waals surface area (Å²) >= 11 is 0. The zero-order valence-corrected chi connectivity index (χ0v) is 8.37. The predicted octanol–water partition coefficient (Wildman–Crippen LogP) is 0.508. The summed E-state index contributed by atoms with van der Waals surface area (Å²) in [6.07, 6.45) is 3.50. The Kier molecular flexibility index (Phi) is 4.70. The summed E-state index contributed by atoms with van der Waals surface area (Å²) in [5.74, 6) is 0.610. The lowest BCUT2D eigenvalue weighted by Gasteiger charge is -2.13. The van der Waals surface area contributed by atoms with E-state index in [1.54, 1.807) is 0 Å². The first-order valence-corrected chi connectivity index (χ1v) is 5.29. The van der Waals surface area contributed by atoms with Crippen LogP contribution in [0.1, 0.15) is 32.6 Å². The molecule has 1 rings (SSSR count). The number of nitrogens with one attached hydrogen (secondary N) is 1. The van der Waals surface area contributed by atoms with Gasteiger partial charge in [0, 0.05) is 6.54 Å². The predicted molar refractivity (Wildman–Crippen MR) is 52.5 cm³/mol. The van der Waals surface area contributed by atoms with Gasteiger partial charge in [-0.3, -0.25) is 0 Å². The quantitative estimate of drug-likeness (QED) is 0.588. The highest BCUT2D eigenvalue weighted by molar-refractivity contribution is 4.76. The van der Waals surface area contributed by atoms with Crippen molar-refractivity contribution >= 4 is 0 Å². The molecule has 1 aliphatic carbocycles. The fraction of sp³-hybridized carbons (Fsp3) is 1.00. The van der Waals surface area contributed by atoms with Crippen LogP contribution in [0, 0.1) is 5.92 Å². The molecule has 3 atom stereocenters. The number of rotatable bonds is 5. The average molecular weight is 187 g/mol. The van der Waals surface area contributed by atoms with Gasteiger partial charge in [-0.15, -0.1) is 0 Å². The molecule has 0 aromatic carbocycles. The topological polar surface area (TPSA) is 52.5 Å². The zero-order valence-electron chi connectivity index (χ0n) is 8.37. The maximum atomic E-state index is 9.28. The molecular formula is C10H21NO2. The molecule has 0 aromatic heterocycles. The average Bonchev–Trinajstić information content (AvgIpc) is 2.51. The Labute approximate surface area is 80.2 Å². The Hall–Kier alpha value is -0.120. The van der Waals surface area contributed by atoms with Crippen molar-refractivity contribution in [2.45, 2.75) is 44.8 Å². The molecule has 0 heterocycles. The van der Waals surface area contributed by atoms with E-state index in [0.29, 0.717) is 12.5 Å². The Bertz CT molecular complexity index is 141. The number of aliphatic hydroxyl groups is 2. The van der Waals surface area contributed by atoms with E-state index in [9.17, 15) is 10.2 Å². The van der Waals surface area contributed by atoms with Crippen LogP contribution in [0.15, 0.2) is 0 Å². The minimum atomic E-state index is -0.216. The molecule has 0 radical (unpaired) electrons. The molecule has 1 fully saturated rings. The Morgan fingerprint density at radius 1 is 1.46 bits per heavy atom. The van der Waals surface area contributed by atoms with Gasteiger partial charge >= 0.3 is 0 Å². The van der Waals surface area contributed by atoms with Crippen LogP contribution in [0.25, 0.3) is 0 Å². The molecular weight excluding hydrogens is 166 g/mol. The van der Waals surface area contributed by atoms with Crippen LogP contribution in [0.3, 0.4) is 0 Å². The van der Waals surface area contributed by atoms with E-state index in [0.717, 1.165) is 32.2 Å². The molecule has 0 amide bonds. The number of hydrogen-bond donors (Lipinski definition) is 3. The number of hydrogen-bond acceptors (Lipinski definition) is 3. The Balaban J connectivity index is 2.00. The second kappa shape index (κ2) is 5.58. The first-order chi connectivity index (χ1) is 6.22. The minimum Gasteiger partial charge on any atom is -0.393 e. The third kappa shape index (κ3) is 4.07. The van der Waals surface area contributed by atoms with E-state index in [4.69, 9.17) is 0 Å². The zero-order chi connectivity index (χ0) is 9.68. The summed E-state index contributed by atoms with van der Waals surface area (Å²) in [6.45, 7) is 3.60. The van der Waals surface area contributed by atoms with E-state index in [1.807, 2.05) is 6.92 Å². The SMILES string of the molecule is CCC(O)CNCC1CCC(O)C1. The standard InChI is InChI=1S/C10H21NO2/c1-2-9(12)7-11-6-8-3-4-10(13)5-8/h8-13H,2-7H2,1H3. The molecule has 13 heavy (non-hydrogen) atoms. The van der Waals surface area contributed by atoms with Gasteiger partial charge in [-0.2, -0.15) is 0 Å². The Morgan fingerprint density at radius 2 is 2.23 bits per heavy atom. The van der Waals surface area contributed by atoms with E-state index in [-0.39, 0.29) is 12.2 Å². The first-order valence-electron chi connectivity index (χ1n) is 5.29. The van der Waals surface area contributed by atoms with Crippen LogP contribution < -0.4 is 5.32 Å². The van der Waals surface area contributed by atoms with Crippen molar-refractivity contribution in [3.63, 3.8) is 0 Å². The first kappa shape index (κ1) is 11.0. The van der Waals surface area contributed by atoms with Crippen LogP contribution in [-0.2, 0) is 0 Å². The van der Waals surface area contributed by atoms with Crippen molar-refractivity contribution in [1.82, 2.24) is 5.32 Å². The van der Waals surface area contributed by atoms with Crippen molar-refractivity contribution < 1.29 is 10.2 Å². The summed E-state index contributed by atoms with van der Waals surface area (Å²) in [7, 11) is 0. The lowest BCUT2D eigenvalue weighted by atomic mass is 10.1. The monoisotopic (exact) mass is 187 g/mol. The van der Waals surface area contributed by atoms with Crippen molar-refractivity contribution in [1.29, 1.82) is 0 Å². The molecule has 1 aliphatic rings. The van der Waals surface area contributed by atoms with E-state index in [1.165, 1.54) is 0 Å². The fourth-order valence-electron chi connectivity index (χ4n) is 1.83. The van der Waals surface area contributed by atoms with Gasteiger partial charge in [-0.1, -0.05) is 6.92 Å². The van der Waals surface area contributed by atoms with Gasteiger partial charge in [0.15, 0.2) is 0 Å². The molecule has 0 spiro atoms. The van der Waals surface area contributed by atoms with Crippen molar-refractivity contribution in [2.75, 3.05) is 13.1 Å². The second-order valence-electron chi connectivity index (χ2n) is 4.05. The highest BCUT2D eigenvalue weighted by atomic mass is 16.3. The van der Waals surface area contributed by atoms with Gasteiger partial charge in [0.05, 0.1) is 12.2 Å². The van der Waals surface area contributed by atoms with Gasteiger partial charge < -0.3 is 15.5 Å². The summed E-state index contributed by atoms with van der Waals surface area (Å²) in [4.78, 5) is 0. The lowest BCUT2D eigenvalue weighted by molar-refractivity contribution is 0.162. The molecule has 78 valence electrons. The smallest absolute Gasteiger partial charge is 0.0662 e. The maximum absolute atomic E-state index is 9.28. The van der Waals surface area contributed by atoms with Crippen LogP contribution >= 0.6 is 0 Å². The fourth-order valence-corrected chi connectivity index (χ4v) is 1.83. The summed E-state index contributed by atoms with van der Waals surface area (Å²) in [5.41, 5.74) is 0. The van der Waals surface area contributed by atoms with Gasteiger partial charge in [-0.05, 0) is 38.1 Å². The largest absolute Gasteiger partial charge is 0.393 e. The molecule has 3 heteroatoms. The molecule has 1 saturated carbocycles. The van der Waals surface area contributed by atoms with Crippen LogP contribution in [0.2, 0.25) is 0 Å². The molecule has 0 bridgehead atoms. The summed E-state index contributed by atoms with van der Waals surface area (Å²) in [5, 5.41) is 21.8. The molecule has 0 aromatic rings. The second-order valence-corrected chi connectivity index (χ2v) is 4.05. The Morgan fingerprint density at radius 3 is 2.77 bits per heavy atom. The van der Waals surface area contributed by atoms with E-state index >= 15 is 0 Å². The summed E-state index contributed by atoms with van der Waals surface area (Å²) in [6, 6.07) is 0. The molecule has 3 nitrogen and oxygen atoms in total. The van der Waals surface area contributed by atoms with E-state index in [2.05, 4.69) is 5.32 Å². The van der Waals surface area contributed by atoms with Gasteiger partial charge in [0.25, 0.3) is 0 Å².